The van der Waals surface area contributed by atoms with Gasteiger partial charge in [-0.05, 0) is 75.6 Å². The van der Waals surface area contributed by atoms with Crippen molar-refractivity contribution >= 4 is 56.4 Å². The van der Waals surface area contributed by atoms with Gasteiger partial charge in [-0.15, -0.1) is 11.3 Å². The second-order valence-corrected chi connectivity index (χ2v) is 14.5. The fourth-order valence-corrected chi connectivity index (χ4v) is 8.91. The molecule has 3 aromatic rings. The molecule has 1 aromatic heterocycles. The average molecular weight is 730 g/mol. The molecule has 13 heteroatoms. The quantitative estimate of drug-likeness (QED) is 0.147. The van der Waals surface area contributed by atoms with Gasteiger partial charge in [-0.1, -0.05) is 29.8 Å². The highest BCUT2D eigenvalue weighted by Crippen LogP contribution is 2.44. The number of methoxy groups -OCH3 is 2. The number of rotatable bonds is 13. The number of esters is 1. The zero-order valence-corrected chi connectivity index (χ0v) is 30.4. The lowest BCUT2D eigenvalue weighted by molar-refractivity contribution is -0.364. The molecule has 0 spiro atoms. The Hall–Kier alpha value is -2.97. The van der Waals surface area contributed by atoms with Crippen molar-refractivity contribution in [3.63, 3.8) is 0 Å². The van der Waals surface area contributed by atoms with Gasteiger partial charge in [0.15, 0.2) is 5.78 Å². The maximum absolute atomic E-state index is 16.0. The van der Waals surface area contributed by atoms with Crippen molar-refractivity contribution < 1.29 is 37.7 Å². The highest BCUT2D eigenvalue weighted by molar-refractivity contribution is 7.17. The molecule has 0 radical (unpaired) electrons. The number of fused-ring (bicyclic) bond motifs is 1. The van der Waals surface area contributed by atoms with Crippen molar-refractivity contribution in [1.82, 2.24) is 9.80 Å². The second-order valence-electron chi connectivity index (χ2n) is 13.1. The van der Waals surface area contributed by atoms with Crippen LogP contribution in [0.25, 0.3) is 10.1 Å². The van der Waals surface area contributed by atoms with E-state index in [1.165, 1.54) is 17.4 Å². The van der Waals surface area contributed by atoms with Crippen LogP contribution in [0.2, 0.25) is 5.02 Å². The van der Waals surface area contributed by atoms with E-state index in [0.717, 1.165) is 29.0 Å². The van der Waals surface area contributed by atoms with Crippen LogP contribution in [0.3, 0.4) is 0 Å². The number of hydrogen-bond acceptors (Lipinski definition) is 10. The van der Waals surface area contributed by atoms with Crippen LogP contribution in [0.5, 0.6) is 0 Å². The topological polar surface area (TPSA) is 107 Å². The molecule has 10 nitrogen and oxygen atoms in total. The number of carbonyl (C=O) groups excluding carboxylic acids is 3. The number of thiophene rings is 1. The van der Waals surface area contributed by atoms with E-state index in [2.05, 4.69) is 5.32 Å². The molecule has 0 bridgehead atoms. The van der Waals surface area contributed by atoms with Gasteiger partial charge in [0.2, 0.25) is 11.8 Å². The SMILES string of the molecule is CCOC(=O)C1CCC(OC(C(=O)Cc2cc(Cl)c(NC(=O)c3csc4ccccc34)cc2F)(N2CCCC2)N2CCCC2(OC)OC)CC1. The number of hydrogen-bond donors (Lipinski definition) is 1. The van der Waals surface area contributed by atoms with Gasteiger partial charge in [-0.2, -0.15) is 0 Å². The number of carbonyl (C=O) groups is 3. The number of nitrogens with zero attached hydrogens (tertiary/aromatic N) is 2. The minimum absolute atomic E-state index is 0.0804. The summed E-state index contributed by atoms with van der Waals surface area (Å²) in [6, 6.07) is 10.1. The lowest BCUT2D eigenvalue weighted by Gasteiger charge is -2.52. The fourth-order valence-electron chi connectivity index (χ4n) is 7.74. The predicted molar refractivity (Wildman–Crippen MR) is 190 cm³/mol. The van der Waals surface area contributed by atoms with Crippen molar-refractivity contribution in [2.45, 2.75) is 82.6 Å². The molecule has 1 amide bonds. The lowest BCUT2D eigenvalue weighted by atomic mass is 9.87. The molecule has 6 rings (SSSR count). The summed E-state index contributed by atoms with van der Waals surface area (Å²) in [4.78, 5) is 44.6. The van der Waals surface area contributed by atoms with Crippen LogP contribution >= 0.6 is 22.9 Å². The Labute approximate surface area is 301 Å². The zero-order chi connectivity index (χ0) is 35.5. The summed E-state index contributed by atoms with van der Waals surface area (Å²) >= 11 is 8.11. The molecule has 1 N–H and O–H groups in total. The summed E-state index contributed by atoms with van der Waals surface area (Å²) < 4.78 is 41.2. The molecule has 3 heterocycles. The van der Waals surface area contributed by atoms with Crippen LogP contribution in [0.1, 0.15) is 74.2 Å². The Morgan fingerprint density at radius 1 is 1.04 bits per heavy atom. The first-order valence-electron chi connectivity index (χ1n) is 17.4. The van der Waals surface area contributed by atoms with E-state index in [1.807, 2.05) is 34.1 Å². The average Bonchev–Trinajstić information content (AvgIpc) is 3.91. The van der Waals surface area contributed by atoms with Crippen molar-refractivity contribution in [1.29, 1.82) is 0 Å². The number of ether oxygens (including phenoxy) is 4. The number of halogens is 2. The van der Waals surface area contributed by atoms with Crippen molar-refractivity contribution in [3.05, 3.63) is 63.7 Å². The molecule has 1 unspecified atom stereocenters. The molecule has 3 aliphatic rings. The number of Topliss-reactive ketones (excluding diaryl/α,β-unsaturated/α-hetero) is 1. The normalized spacial score (nSPS) is 22.4. The van der Waals surface area contributed by atoms with Crippen LogP contribution in [0.15, 0.2) is 41.8 Å². The molecule has 50 heavy (non-hydrogen) atoms. The lowest BCUT2D eigenvalue weighted by Crippen LogP contribution is -2.72. The van der Waals surface area contributed by atoms with Gasteiger partial charge in [0.1, 0.15) is 5.82 Å². The van der Waals surface area contributed by atoms with Crippen molar-refractivity contribution in [2.75, 3.05) is 45.8 Å². The van der Waals surface area contributed by atoms with Gasteiger partial charge < -0.3 is 24.3 Å². The smallest absolute Gasteiger partial charge is 0.308 e. The van der Waals surface area contributed by atoms with Crippen LogP contribution in [-0.4, -0.2) is 85.8 Å². The van der Waals surface area contributed by atoms with Crippen molar-refractivity contribution in [3.8, 4) is 0 Å². The summed E-state index contributed by atoms with van der Waals surface area (Å²) in [7, 11) is 3.11. The van der Waals surface area contributed by atoms with Crippen LogP contribution in [0, 0.1) is 11.7 Å². The first-order valence-corrected chi connectivity index (χ1v) is 18.7. The molecule has 1 atom stereocenters. The second kappa shape index (κ2) is 15.7. The van der Waals surface area contributed by atoms with E-state index < -0.39 is 23.5 Å². The maximum atomic E-state index is 16.0. The van der Waals surface area contributed by atoms with Crippen LogP contribution in [0.4, 0.5) is 10.1 Å². The Balaban J connectivity index is 1.30. The third kappa shape index (κ3) is 7.08. The van der Waals surface area contributed by atoms with Gasteiger partial charge >= 0.3 is 5.97 Å². The van der Waals surface area contributed by atoms with Crippen molar-refractivity contribution in [2.24, 2.45) is 5.92 Å². The Morgan fingerprint density at radius 2 is 1.76 bits per heavy atom. The van der Waals surface area contributed by atoms with Gasteiger partial charge in [0.05, 0.1) is 34.9 Å². The molecule has 3 fully saturated rings. The van der Waals surface area contributed by atoms with Gasteiger partial charge in [0.25, 0.3) is 5.91 Å². The summed E-state index contributed by atoms with van der Waals surface area (Å²) in [5.74, 6) is -4.75. The van der Waals surface area contributed by atoms with Crippen LogP contribution < -0.4 is 5.32 Å². The highest BCUT2D eigenvalue weighted by atomic mass is 35.5. The highest BCUT2D eigenvalue weighted by Gasteiger charge is 2.61. The Morgan fingerprint density at radius 3 is 2.46 bits per heavy atom. The fraction of sp³-hybridized carbons (Fsp3) is 0.541. The number of benzene rings is 2. The van der Waals surface area contributed by atoms with E-state index in [0.29, 0.717) is 70.3 Å². The minimum atomic E-state index is -1.63. The van der Waals surface area contributed by atoms with Gasteiger partial charge in [0, 0.05) is 62.2 Å². The van der Waals surface area contributed by atoms with Crippen LogP contribution in [-0.2, 0) is 35.0 Å². The standard InChI is InChI=1S/C37H45ClFN3O7S/c1-4-48-35(45)24-12-14-26(15-13-24)49-37(41-17-7-8-18-41,42-19-9-16-36(42,46-2)47-3)33(43)21-25-20-29(38)31(22-30(25)39)40-34(44)28-23-50-32-11-6-5-10-27(28)32/h5-6,10-11,20,22-24,26H,4,7-9,12-19,21H2,1-3H3,(H,40,44). The molecule has 1 saturated carbocycles. The van der Waals surface area contributed by atoms with E-state index in [1.54, 1.807) is 26.5 Å². The molecular weight excluding hydrogens is 685 g/mol. The first-order chi connectivity index (χ1) is 24.2. The minimum Gasteiger partial charge on any atom is -0.466 e. The zero-order valence-electron chi connectivity index (χ0n) is 28.8. The third-order valence-electron chi connectivity index (χ3n) is 10.3. The van der Waals surface area contributed by atoms with E-state index in [-0.39, 0.29) is 46.5 Å². The largest absolute Gasteiger partial charge is 0.466 e. The number of nitrogens with one attached hydrogen (secondary N) is 1. The summed E-state index contributed by atoms with van der Waals surface area (Å²) in [6.07, 6.45) is 4.51. The van der Waals surface area contributed by atoms with Gasteiger partial charge in [-0.3, -0.25) is 19.3 Å². The summed E-state index contributed by atoms with van der Waals surface area (Å²) in [5.41, 5.74) is 0.658. The number of likely N-dealkylation sites (tertiary alicyclic amines) is 2. The molecule has 1 aliphatic carbocycles. The number of ketones is 1. The molecule has 2 aliphatic heterocycles. The van der Waals surface area contributed by atoms with E-state index in [9.17, 15) is 14.4 Å². The Kier molecular flexibility index (Phi) is 11.6. The summed E-state index contributed by atoms with van der Waals surface area (Å²) in [6.45, 7) is 3.76. The van der Waals surface area contributed by atoms with E-state index >= 15 is 4.39 Å². The third-order valence-corrected chi connectivity index (χ3v) is 11.5. The summed E-state index contributed by atoms with van der Waals surface area (Å²) in [5, 5.41) is 5.42. The van der Waals surface area contributed by atoms with Gasteiger partial charge in [-0.25, -0.2) is 9.29 Å². The molecular formula is C37H45ClFN3O7S. The number of amides is 1. The van der Waals surface area contributed by atoms with E-state index in [4.69, 9.17) is 30.5 Å². The number of anilines is 1. The maximum Gasteiger partial charge on any atom is 0.308 e. The predicted octanol–water partition coefficient (Wildman–Crippen LogP) is 6.99. The Bertz CT molecular complexity index is 1700. The monoisotopic (exact) mass is 729 g/mol. The molecule has 2 aromatic carbocycles. The molecule has 2 saturated heterocycles. The molecule has 270 valence electrons. The first kappa shape index (κ1) is 36.8.